The average Bonchev–Trinajstić information content (AvgIpc) is 2.83. The van der Waals surface area contributed by atoms with Crippen molar-refractivity contribution in [3.05, 3.63) is 99.2 Å². The second-order valence-corrected chi connectivity index (χ2v) is 8.49. The predicted octanol–water partition coefficient (Wildman–Crippen LogP) is 5.81. The molecule has 2 N–H and O–H groups in total. The molecule has 1 aromatic heterocycles. The summed E-state index contributed by atoms with van der Waals surface area (Å²) in [5, 5.41) is 14.1. The number of aromatic hydroxyl groups is 1. The van der Waals surface area contributed by atoms with Gasteiger partial charge in [0, 0.05) is 21.2 Å². The van der Waals surface area contributed by atoms with Crippen molar-refractivity contribution in [2.45, 2.75) is 0 Å². The Kier molecular flexibility index (Phi) is 6.72. The number of nitrogens with one attached hydrogen (secondary N) is 1. The Morgan fingerprint density at radius 1 is 0.875 bits per heavy atom. The van der Waals surface area contributed by atoms with Gasteiger partial charge in [0.2, 0.25) is 5.82 Å². The summed E-state index contributed by atoms with van der Waals surface area (Å²) in [7, 11) is 0. The van der Waals surface area contributed by atoms with Crippen molar-refractivity contribution in [2.24, 2.45) is 5.10 Å². The van der Waals surface area contributed by atoms with Crippen LogP contribution in [-0.2, 0) is 0 Å². The molecule has 4 rings (SSSR count). The molecule has 8 heteroatoms. The molecule has 0 spiro atoms. The van der Waals surface area contributed by atoms with Crippen molar-refractivity contribution in [1.82, 2.24) is 15.4 Å². The van der Waals surface area contributed by atoms with Crippen molar-refractivity contribution in [3.8, 4) is 28.3 Å². The minimum absolute atomic E-state index is 0.0120. The number of carbonyl (C=O) groups excluding carboxylic acids is 1. The quantitative estimate of drug-likeness (QED) is 0.242. The maximum Gasteiger partial charge on any atom is 0.309 e. The first-order chi connectivity index (χ1) is 15.5. The fourth-order valence-electron chi connectivity index (χ4n) is 2.96. The molecule has 0 unspecified atom stereocenters. The highest BCUT2D eigenvalue weighted by molar-refractivity contribution is 9.11. The lowest BCUT2D eigenvalue weighted by Crippen LogP contribution is -2.21. The van der Waals surface area contributed by atoms with E-state index in [9.17, 15) is 9.90 Å². The van der Waals surface area contributed by atoms with Gasteiger partial charge in [0.15, 0.2) is 0 Å². The number of phenols is 1. The smallest absolute Gasteiger partial charge is 0.309 e. The van der Waals surface area contributed by atoms with Gasteiger partial charge in [0.25, 0.3) is 0 Å². The Hall–Kier alpha value is -3.36. The third-order valence-corrected chi connectivity index (χ3v) is 5.56. The largest absolute Gasteiger partial charge is 0.506 e. The third kappa shape index (κ3) is 5.09. The predicted molar refractivity (Wildman–Crippen MR) is 131 cm³/mol. The molecule has 0 atom stereocenters. The number of benzene rings is 3. The fourth-order valence-corrected chi connectivity index (χ4v) is 4.22. The standard InChI is InChI=1S/C24H16Br2N4O2/c25-18-11-17(22(31)19(26)12-18)14-27-30-24(32)23-28-20(15-7-3-1-4-8-15)13-21(29-23)16-9-5-2-6-10-16/h1-14,31H,(H,30,32)/b27-14+. The van der Waals surface area contributed by atoms with Crippen LogP contribution in [0.4, 0.5) is 0 Å². The van der Waals surface area contributed by atoms with E-state index >= 15 is 0 Å². The number of hydrogen-bond donors (Lipinski definition) is 2. The Morgan fingerprint density at radius 2 is 1.44 bits per heavy atom. The van der Waals surface area contributed by atoms with Gasteiger partial charge in [-0.1, -0.05) is 76.6 Å². The average molecular weight is 552 g/mol. The summed E-state index contributed by atoms with van der Waals surface area (Å²) in [6.07, 6.45) is 1.35. The van der Waals surface area contributed by atoms with E-state index in [1.165, 1.54) is 6.21 Å². The van der Waals surface area contributed by atoms with Crippen LogP contribution in [-0.4, -0.2) is 27.2 Å². The molecule has 0 bridgehead atoms. The van der Waals surface area contributed by atoms with Crippen LogP contribution in [0.1, 0.15) is 16.2 Å². The van der Waals surface area contributed by atoms with Gasteiger partial charge < -0.3 is 5.11 Å². The van der Waals surface area contributed by atoms with Gasteiger partial charge in [0.1, 0.15) is 5.75 Å². The number of halogens is 2. The van der Waals surface area contributed by atoms with E-state index in [0.717, 1.165) is 15.6 Å². The van der Waals surface area contributed by atoms with Gasteiger partial charge in [0.05, 0.1) is 22.1 Å². The molecule has 0 aliphatic rings. The SMILES string of the molecule is O=C(N/N=C/c1cc(Br)cc(Br)c1O)c1nc(-c2ccccc2)cc(-c2ccccc2)n1. The molecule has 1 heterocycles. The molecule has 0 fully saturated rings. The van der Waals surface area contributed by atoms with Crippen molar-refractivity contribution in [2.75, 3.05) is 0 Å². The molecule has 1 amide bonds. The molecule has 0 saturated heterocycles. The number of nitrogens with zero attached hydrogens (tertiary/aromatic N) is 3. The summed E-state index contributed by atoms with van der Waals surface area (Å²) in [5.74, 6) is -0.563. The molecule has 0 aliphatic heterocycles. The highest BCUT2D eigenvalue weighted by atomic mass is 79.9. The Morgan fingerprint density at radius 3 is 2.00 bits per heavy atom. The maximum atomic E-state index is 12.8. The van der Waals surface area contributed by atoms with Crippen molar-refractivity contribution < 1.29 is 9.90 Å². The van der Waals surface area contributed by atoms with Crippen LogP contribution in [0.2, 0.25) is 0 Å². The minimum atomic E-state index is -0.565. The lowest BCUT2D eigenvalue weighted by atomic mass is 10.1. The van der Waals surface area contributed by atoms with Crippen LogP contribution in [0.5, 0.6) is 5.75 Å². The van der Waals surface area contributed by atoms with Crippen LogP contribution in [0.15, 0.2) is 92.9 Å². The van der Waals surface area contributed by atoms with Crippen molar-refractivity contribution >= 4 is 44.0 Å². The molecule has 0 saturated carbocycles. The first kappa shape index (κ1) is 21.9. The van der Waals surface area contributed by atoms with E-state index in [1.54, 1.807) is 12.1 Å². The molecular formula is C24H16Br2N4O2. The summed E-state index contributed by atoms with van der Waals surface area (Å²) >= 11 is 6.62. The van der Waals surface area contributed by atoms with E-state index in [1.807, 2.05) is 66.7 Å². The number of hydrogen-bond acceptors (Lipinski definition) is 5. The molecule has 6 nitrogen and oxygen atoms in total. The highest BCUT2D eigenvalue weighted by Crippen LogP contribution is 2.30. The number of aromatic nitrogens is 2. The van der Waals surface area contributed by atoms with Gasteiger partial charge in [-0.05, 0) is 34.1 Å². The molecule has 32 heavy (non-hydrogen) atoms. The normalized spacial score (nSPS) is 10.9. The van der Waals surface area contributed by atoms with Gasteiger partial charge in [-0.3, -0.25) is 4.79 Å². The topological polar surface area (TPSA) is 87.5 Å². The zero-order valence-electron chi connectivity index (χ0n) is 16.5. The zero-order chi connectivity index (χ0) is 22.5. The maximum absolute atomic E-state index is 12.8. The Balaban J connectivity index is 1.66. The van der Waals surface area contributed by atoms with Crippen LogP contribution >= 0.6 is 31.9 Å². The second-order valence-electron chi connectivity index (χ2n) is 6.72. The van der Waals surface area contributed by atoms with Crippen LogP contribution in [0, 0.1) is 0 Å². The van der Waals surface area contributed by atoms with Crippen molar-refractivity contribution in [1.29, 1.82) is 0 Å². The molecule has 158 valence electrons. The number of carbonyl (C=O) groups is 1. The molecule has 3 aromatic carbocycles. The van der Waals surface area contributed by atoms with E-state index < -0.39 is 5.91 Å². The van der Waals surface area contributed by atoms with Crippen LogP contribution in [0.25, 0.3) is 22.5 Å². The Labute approximate surface area is 201 Å². The summed E-state index contributed by atoms with van der Waals surface area (Å²) in [4.78, 5) is 21.7. The van der Waals surface area contributed by atoms with Gasteiger partial charge in [-0.15, -0.1) is 0 Å². The lowest BCUT2D eigenvalue weighted by Gasteiger charge is -2.08. The lowest BCUT2D eigenvalue weighted by molar-refractivity contribution is 0.0945. The zero-order valence-corrected chi connectivity index (χ0v) is 19.7. The summed E-state index contributed by atoms with van der Waals surface area (Å²) in [5.41, 5.74) is 5.85. The monoisotopic (exact) mass is 550 g/mol. The first-order valence-corrected chi connectivity index (χ1v) is 11.1. The molecule has 0 radical (unpaired) electrons. The Bertz CT molecular complexity index is 1240. The fraction of sp³-hybridized carbons (Fsp3) is 0. The van der Waals surface area contributed by atoms with E-state index in [-0.39, 0.29) is 11.6 Å². The number of amides is 1. The van der Waals surface area contributed by atoms with Crippen molar-refractivity contribution in [3.63, 3.8) is 0 Å². The highest BCUT2D eigenvalue weighted by Gasteiger charge is 2.14. The van der Waals surface area contributed by atoms with E-state index in [2.05, 4.69) is 52.4 Å². The summed E-state index contributed by atoms with van der Waals surface area (Å²) in [6.45, 7) is 0. The second kappa shape index (κ2) is 9.84. The first-order valence-electron chi connectivity index (χ1n) is 9.52. The number of hydrazone groups is 1. The minimum Gasteiger partial charge on any atom is -0.506 e. The molecular weight excluding hydrogens is 536 g/mol. The summed E-state index contributed by atoms with van der Waals surface area (Å²) in [6, 6.07) is 24.4. The van der Waals surface area contributed by atoms with Crippen LogP contribution < -0.4 is 5.43 Å². The molecule has 0 aliphatic carbocycles. The number of rotatable bonds is 5. The summed E-state index contributed by atoms with van der Waals surface area (Å²) < 4.78 is 1.26. The van der Waals surface area contributed by atoms with E-state index in [0.29, 0.717) is 21.4 Å². The van der Waals surface area contributed by atoms with Gasteiger partial charge in [-0.2, -0.15) is 5.10 Å². The van der Waals surface area contributed by atoms with Crippen LogP contribution in [0.3, 0.4) is 0 Å². The van der Waals surface area contributed by atoms with E-state index in [4.69, 9.17) is 0 Å². The molecule has 4 aromatic rings. The number of phenolic OH excluding ortho intramolecular Hbond substituents is 1. The van der Waals surface area contributed by atoms with Gasteiger partial charge in [-0.25, -0.2) is 15.4 Å². The third-order valence-electron chi connectivity index (χ3n) is 4.50. The van der Waals surface area contributed by atoms with Gasteiger partial charge >= 0.3 is 5.91 Å².